The topological polar surface area (TPSA) is 62.0 Å². The smallest absolute Gasteiger partial charge is 0.163 e. The Labute approximate surface area is 118 Å². The molecule has 0 atom stereocenters. The average Bonchev–Trinajstić information content (AvgIpc) is 2.52. The highest BCUT2D eigenvalue weighted by Gasteiger charge is 2.03. The van der Waals surface area contributed by atoms with E-state index in [4.69, 9.17) is 10.00 Å². The van der Waals surface area contributed by atoms with E-state index in [0.717, 1.165) is 11.4 Å². The van der Waals surface area contributed by atoms with Crippen LogP contribution >= 0.6 is 0 Å². The van der Waals surface area contributed by atoms with Crippen LogP contribution in [0.5, 0.6) is 0 Å². The standard InChI is InChI=1S/C15H16N4O/c1-19(15-8-7-14(11-16)17-18-15)9-10-20-12-13-5-3-2-4-6-13/h2-8H,9-10,12H2,1H3. The molecule has 0 fully saturated rings. The molecule has 0 aliphatic rings. The summed E-state index contributed by atoms with van der Waals surface area (Å²) < 4.78 is 5.61. The van der Waals surface area contributed by atoms with E-state index in [0.29, 0.717) is 25.5 Å². The van der Waals surface area contributed by atoms with E-state index < -0.39 is 0 Å². The average molecular weight is 268 g/mol. The molecule has 2 rings (SSSR count). The zero-order chi connectivity index (χ0) is 14.2. The molecule has 0 N–H and O–H groups in total. The van der Waals surface area contributed by atoms with Crippen LogP contribution in [0.2, 0.25) is 0 Å². The molecule has 0 bridgehead atoms. The van der Waals surface area contributed by atoms with Crippen molar-refractivity contribution in [3.8, 4) is 6.07 Å². The van der Waals surface area contributed by atoms with Gasteiger partial charge in [0.15, 0.2) is 11.5 Å². The molecule has 0 aliphatic carbocycles. The van der Waals surface area contributed by atoms with Gasteiger partial charge in [0, 0.05) is 13.6 Å². The van der Waals surface area contributed by atoms with Crippen LogP contribution in [0.25, 0.3) is 0 Å². The summed E-state index contributed by atoms with van der Waals surface area (Å²) >= 11 is 0. The Morgan fingerprint density at radius 1 is 1.15 bits per heavy atom. The first-order chi connectivity index (χ1) is 9.79. The molecule has 0 unspecified atom stereocenters. The molecule has 1 aromatic heterocycles. The molecule has 1 aromatic carbocycles. The fourth-order valence-corrected chi connectivity index (χ4v) is 1.67. The second-order valence-electron chi connectivity index (χ2n) is 4.35. The summed E-state index contributed by atoms with van der Waals surface area (Å²) in [5.74, 6) is 0.729. The SMILES string of the molecule is CN(CCOCc1ccccc1)c1ccc(C#N)nn1. The molecule has 20 heavy (non-hydrogen) atoms. The van der Waals surface area contributed by atoms with Gasteiger partial charge in [-0.25, -0.2) is 0 Å². The van der Waals surface area contributed by atoms with Gasteiger partial charge < -0.3 is 9.64 Å². The highest BCUT2D eigenvalue weighted by molar-refractivity contribution is 5.37. The zero-order valence-corrected chi connectivity index (χ0v) is 11.4. The van der Waals surface area contributed by atoms with E-state index in [-0.39, 0.29) is 0 Å². The third kappa shape index (κ3) is 4.04. The molecule has 1 heterocycles. The monoisotopic (exact) mass is 268 g/mol. The molecule has 0 saturated carbocycles. The van der Waals surface area contributed by atoms with Crippen molar-refractivity contribution in [2.75, 3.05) is 25.1 Å². The lowest BCUT2D eigenvalue weighted by molar-refractivity contribution is 0.127. The number of ether oxygens (including phenoxy) is 1. The first-order valence-corrected chi connectivity index (χ1v) is 6.36. The summed E-state index contributed by atoms with van der Waals surface area (Å²) in [5, 5.41) is 16.4. The van der Waals surface area contributed by atoms with Crippen molar-refractivity contribution in [3.63, 3.8) is 0 Å². The predicted octanol–water partition coefficient (Wildman–Crippen LogP) is 2.00. The van der Waals surface area contributed by atoms with Gasteiger partial charge in [0.2, 0.25) is 0 Å². The number of hydrogen-bond acceptors (Lipinski definition) is 5. The maximum Gasteiger partial charge on any atom is 0.163 e. The van der Waals surface area contributed by atoms with Gasteiger partial charge in [-0.05, 0) is 17.7 Å². The van der Waals surface area contributed by atoms with Gasteiger partial charge in [0.05, 0.1) is 13.2 Å². The Bertz CT molecular complexity index is 563. The third-order valence-corrected chi connectivity index (χ3v) is 2.84. The van der Waals surface area contributed by atoms with Crippen molar-refractivity contribution in [3.05, 3.63) is 53.7 Å². The number of hydrogen-bond donors (Lipinski definition) is 0. The molecular formula is C15H16N4O. The molecule has 0 saturated heterocycles. The van der Waals surface area contributed by atoms with E-state index in [1.165, 1.54) is 0 Å². The second kappa shape index (κ2) is 7.22. The third-order valence-electron chi connectivity index (χ3n) is 2.84. The Morgan fingerprint density at radius 2 is 1.95 bits per heavy atom. The van der Waals surface area contributed by atoms with E-state index >= 15 is 0 Å². The van der Waals surface area contributed by atoms with Crippen molar-refractivity contribution < 1.29 is 4.74 Å². The normalized spacial score (nSPS) is 10.0. The number of rotatable bonds is 6. The lowest BCUT2D eigenvalue weighted by atomic mass is 10.2. The quantitative estimate of drug-likeness (QED) is 0.750. The summed E-state index contributed by atoms with van der Waals surface area (Å²) in [5.41, 5.74) is 1.48. The highest BCUT2D eigenvalue weighted by atomic mass is 16.5. The minimum Gasteiger partial charge on any atom is -0.375 e. The summed E-state index contributed by atoms with van der Waals surface area (Å²) in [6, 6.07) is 15.4. The maximum absolute atomic E-state index is 8.66. The Kier molecular flexibility index (Phi) is 5.04. The van der Waals surface area contributed by atoms with E-state index in [1.54, 1.807) is 12.1 Å². The predicted molar refractivity (Wildman–Crippen MR) is 76.1 cm³/mol. The number of nitrogens with zero attached hydrogens (tertiary/aromatic N) is 4. The van der Waals surface area contributed by atoms with Gasteiger partial charge >= 0.3 is 0 Å². The fourth-order valence-electron chi connectivity index (χ4n) is 1.67. The fraction of sp³-hybridized carbons (Fsp3) is 0.267. The van der Waals surface area contributed by atoms with Crippen molar-refractivity contribution >= 4 is 5.82 Å². The summed E-state index contributed by atoms with van der Waals surface area (Å²) in [7, 11) is 1.92. The molecule has 0 radical (unpaired) electrons. The lowest BCUT2D eigenvalue weighted by Gasteiger charge is -2.17. The van der Waals surface area contributed by atoms with Crippen LogP contribution < -0.4 is 4.90 Å². The van der Waals surface area contributed by atoms with Crippen molar-refractivity contribution in [2.24, 2.45) is 0 Å². The van der Waals surface area contributed by atoms with E-state index in [2.05, 4.69) is 10.2 Å². The van der Waals surface area contributed by atoms with Crippen molar-refractivity contribution in [1.82, 2.24) is 10.2 Å². The zero-order valence-electron chi connectivity index (χ0n) is 11.4. The Hall–Kier alpha value is -2.45. The number of nitriles is 1. The van der Waals surface area contributed by atoms with Gasteiger partial charge in [-0.2, -0.15) is 5.26 Å². The largest absolute Gasteiger partial charge is 0.375 e. The van der Waals surface area contributed by atoms with Gasteiger partial charge in [-0.3, -0.25) is 0 Å². The van der Waals surface area contributed by atoms with Crippen LogP contribution in [-0.4, -0.2) is 30.4 Å². The minimum atomic E-state index is 0.322. The van der Waals surface area contributed by atoms with Crippen molar-refractivity contribution in [2.45, 2.75) is 6.61 Å². The van der Waals surface area contributed by atoms with Crippen LogP contribution in [0.4, 0.5) is 5.82 Å². The van der Waals surface area contributed by atoms with Crippen LogP contribution in [0.1, 0.15) is 11.3 Å². The maximum atomic E-state index is 8.66. The Morgan fingerprint density at radius 3 is 2.60 bits per heavy atom. The molecule has 0 amide bonds. The number of aromatic nitrogens is 2. The second-order valence-corrected chi connectivity index (χ2v) is 4.35. The molecule has 5 heteroatoms. The molecule has 0 aliphatic heterocycles. The van der Waals surface area contributed by atoms with E-state index in [9.17, 15) is 0 Å². The lowest BCUT2D eigenvalue weighted by Crippen LogP contribution is -2.23. The first-order valence-electron chi connectivity index (χ1n) is 6.36. The molecule has 5 nitrogen and oxygen atoms in total. The molecule has 0 spiro atoms. The summed E-state index contributed by atoms with van der Waals surface area (Å²) in [4.78, 5) is 1.94. The van der Waals surface area contributed by atoms with E-state index in [1.807, 2.05) is 48.3 Å². The summed E-state index contributed by atoms with van der Waals surface area (Å²) in [6.45, 7) is 1.92. The van der Waals surface area contributed by atoms with Gasteiger partial charge in [0.25, 0.3) is 0 Å². The summed E-state index contributed by atoms with van der Waals surface area (Å²) in [6.07, 6.45) is 0. The number of benzene rings is 1. The van der Waals surface area contributed by atoms with Crippen molar-refractivity contribution in [1.29, 1.82) is 5.26 Å². The van der Waals surface area contributed by atoms with Crippen LogP contribution in [0, 0.1) is 11.3 Å². The molecular weight excluding hydrogens is 252 g/mol. The Balaban J connectivity index is 1.74. The highest BCUT2D eigenvalue weighted by Crippen LogP contribution is 2.07. The van der Waals surface area contributed by atoms with Gasteiger partial charge in [-0.1, -0.05) is 30.3 Å². The van der Waals surface area contributed by atoms with Crippen LogP contribution in [-0.2, 0) is 11.3 Å². The van der Waals surface area contributed by atoms with Gasteiger partial charge in [0.1, 0.15) is 6.07 Å². The first kappa shape index (κ1) is 14.0. The van der Waals surface area contributed by atoms with Gasteiger partial charge in [-0.15, -0.1) is 10.2 Å². The van der Waals surface area contributed by atoms with Crippen LogP contribution in [0.3, 0.4) is 0 Å². The number of anilines is 1. The van der Waals surface area contributed by atoms with Crippen LogP contribution in [0.15, 0.2) is 42.5 Å². The number of likely N-dealkylation sites (N-methyl/N-ethyl adjacent to an activating group) is 1. The molecule has 102 valence electrons. The molecule has 2 aromatic rings. The minimum absolute atomic E-state index is 0.322.